The van der Waals surface area contributed by atoms with Crippen molar-refractivity contribution in [3.63, 3.8) is 0 Å². The Morgan fingerprint density at radius 3 is 2.20 bits per heavy atom. The summed E-state index contributed by atoms with van der Waals surface area (Å²) in [5, 5.41) is 3.13. The molecular formula is C33H37N3O7S. The molecule has 0 radical (unpaired) electrons. The van der Waals surface area contributed by atoms with E-state index in [2.05, 4.69) is 5.32 Å². The van der Waals surface area contributed by atoms with Crippen LogP contribution in [0.3, 0.4) is 0 Å². The van der Waals surface area contributed by atoms with Gasteiger partial charge < -0.3 is 29.2 Å². The molecule has 0 aliphatic carbocycles. The first-order chi connectivity index (χ1) is 21.3. The number of thiocarbonyl (C=S) groups is 1. The number of carbonyl (C=O) groups excluding carboxylic acids is 3. The highest BCUT2D eigenvalue weighted by atomic mass is 32.1. The number of carbonyl (C=O) groups is 3. The molecule has 232 valence electrons. The van der Waals surface area contributed by atoms with E-state index in [4.69, 9.17) is 31.2 Å². The van der Waals surface area contributed by atoms with Crippen LogP contribution < -0.4 is 24.4 Å². The SMILES string of the molecule is CCOC(=O)c1ccc(N2C(=O)[C@H](CC(=O)Nc3ccc(OC)cc3)N(CCc3ccc(OCC)c(OCC)c3)C2=S)cc1. The summed E-state index contributed by atoms with van der Waals surface area (Å²) in [4.78, 5) is 42.4. The minimum atomic E-state index is -0.834. The van der Waals surface area contributed by atoms with Crippen molar-refractivity contribution in [2.75, 3.05) is 43.7 Å². The number of methoxy groups -OCH3 is 1. The molecule has 1 saturated heterocycles. The van der Waals surface area contributed by atoms with Crippen LogP contribution in [0.4, 0.5) is 11.4 Å². The van der Waals surface area contributed by atoms with Crippen LogP contribution in [0.15, 0.2) is 66.7 Å². The molecule has 1 atom stereocenters. The molecule has 1 heterocycles. The van der Waals surface area contributed by atoms with Crippen LogP contribution in [-0.4, -0.2) is 67.3 Å². The Morgan fingerprint density at radius 1 is 0.886 bits per heavy atom. The molecule has 3 aromatic carbocycles. The number of hydrogen-bond donors (Lipinski definition) is 1. The molecule has 0 spiro atoms. The molecule has 0 unspecified atom stereocenters. The van der Waals surface area contributed by atoms with E-state index in [9.17, 15) is 14.4 Å². The van der Waals surface area contributed by atoms with Crippen molar-refractivity contribution in [3.8, 4) is 17.2 Å². The molecule has 11 heteroatoms. The van der Waals surface area contributed by atoms with Gasteiger partial charge in [0.2, 0.25) is 5.91 Å². The van der Waals surface area contributed by atoms with Gasteiger partial charge in [-0.1, -0.05) is 6.07 Å². The zero-order valence-corrected chi connectivity index (χ0v) is 26.1. The molecule has 0 bridgehead atoms. The fraction of sp³-hybridized carbons (Fsp3) is 0.333. The third-order valence-corrected chi connectivity index (χ3v) is 7.37. The Balaban J connectivity index is 1.57. The normalized spacial score (nSPS) is 14.4. The molecule has 1 aliphatic rings. The van der Waals surface area contributed by atoms with Crippen molar-refractivity contribution in [2.45, 2.75) is 39.7 Å². The fourth-order valence-electron chi connectivity index (χ4n) is 4.85. The van der Waals surface area contributed by atoms with Crippen LogP contribution >= 0.6 is 12.2 Å². The molecule has 1 N–H and O–H groups in total. The second kappa shape index (κ2) is 15.2. The molecule has 4 rings (SSSR count). The van der Waals surface area contributed by atoms with E-state index in [1.54, 1.807) is 67.5 Å². The topological polar surface area (TPSA) is 107 Å². The summed E-state index contributed by atoms with van der Waals surface area (Å²) in [5.74, 6) is 0.856. The van der Waals surface area contributed by atoms with E-state index in [1.807, 2.05) is 32.0 Å². The summed E-state index contributed by atoms with van der Waals surface area (Å²) in [5.41, 5.74) is 2.40. The molecule has 10 nitrogen and oxygen atoms in total. The minimum Gasteiger partial charge on any atom is -0.497 e. The molecule has 44 heavy (non-hydrogen) atoms. The van der Waals surface area contributed by atoms with Crippen LogP contribution in [0, 0.1) is 0 Å². The van der Waals surface area contributed by atoms with E-state index in [-0.39, 0.29) is 30.0 Å². The van der Waals surface area contributed by atoms with Gasteiger partial charge in [-0.2, -0.15) is 0 Å². The van der Waals surface area contributed by atoms with E-state index in [0.717, 1.165) is 5.56 Å². The predicted octanol–water partition coefficient (Wildman–Crippen LogP) is 5.24. The highest BCUT2D eigenvalue weighted by Crippen LogP contribution is 2.31. The van der Waals surface area contributed by atoms with Crippen molar-refractivity contribution in [2.24, 2.45) is 0 Å². The Labute approximate surface area is 262 Å². The number of ether oxygens (including phenoxy) is 4. The first kappa shape index (κ1) is 32.3. The van der Waals surface area contributed by atoms with Gasteiger partial charge in [-0.25, -0.2) is 4.79 Å². The summed E-state index contributed by atoms with van der Waals surface area (Å²) in [6.07, 6.45) is 0.419. The van der Waals surface area contributed by atoms with Crippen molar-refractivity contribution in [1.29, 1.82) is 0 Å². The van der Waals surface area contributed by atoms with Crippen molar-refractivity contribution < 1.29 is 33.3 Å². The molecular weight excluding hydrogens is 582 g/mol. The van der Waals surface area contributed by atoms with Gasteiger partial charge in [0.1, 0.15) is 11.8 Å². The minimum absolute atomic E-state index is 0.115. The first-order valence-electron chi connectivity index (χ1n) is 14.5. The number of nitrogens with one attached hydrogen (secondary N) is 1. The third kappa shape index (κ3) is 7.65. The van der Waals surface area contributed by atoms with Gasteiger partial charge in [0.15, 0.2) is 16.6 Å². The average Bonchev–Trinajstić information content (AvgIpc) is 3.25. The van der Waals surface area contributed by atoms with E-state index < -0.39 is 12.0 Å². The van der Waals surface area contributed by atoms with Gasteiger partial charge in [-0.05, 0) is 106 Å². The Kier molecular flexibility index (Phi) is 11.1. The Hall–Kier alpha value is -4.64. The highest BCUT2D eigenvalue weighted by Gasteiger charge is 2.44. The van der Waals surface area contributed by atoms with Gasteiger partial charge in [0.05, 0.1) is 44.6 Å². The van der Waals surface area contributed by atoms with E-state index in [1.165, 1.54) is 4.90 Å². The lowest BCUT2D eigenvalue weighted by molar-refractivity contribution is -0.124. The largest absolute Gasteiger partial charge is 0.497 e. The average molecular weight is 620 g/mol. The number of hydrogen-bond acceptors (Lipinski definition) is 8. The van der Waals surface area contributed by atoms with Crippen molar-refractivity contribution in [1.82, 2.24) is 4.90 Å². The molecule has 1 aliphatic heterocycles. The third-order valence-electron chi connectivity index (χ3n) is 6.96. The molecule has 2 amide bonds. The lowest BCUT2D eigenvalue weighted by Crippen LogP contribution is -2.39. The number of nitrogens with zero attached hydrogens (tertiary/aromatic N) is 2. The van der Waals surface area contributed by atoms with Gasteiger partial charge >= 0.3 is 5.97 Å². The maximum Gasteiger partial charge on any atom is 0.338 e. The number of benzene rings is 3. The summed E-state index contributed by atoms with van der Waals surface area (Å²) in [7, 11) is 1.57. The van der Waals surface area contributed by atoms with Crippen molar-refractivity contribution in [3.05, 3.63) is 77.9 Å². The smallest absolute Gasteiger partial charge is 0.338 e. The predicted molar refractivity (Wildman–Crippen MR) is 172 cm³/mol. The van der Waals surface area contributed by atoms with Crippen LogP contribution in [0.2, 0.25) is 0 Å². The van der Waals surface area contributed by atoms with Gasteiger partial charge in [0, 0.05) is 12.2 Å². The number of esters is 1. The number of amides is 2. The first-order valence-corrected chi connectivity index (χ1v) is 14.9. The van der Waals surface area contributed by atoms with E-state index in [0.29, 0.717) is 60.4 Å². The second-order valence-electron chi connectivity index (χ2n) is 9.81. The summed E-state index contributed by atoms with van der Waals surface area (Å²) in [6, 6.07) is 18.3. The number of anilines is 2. The molecule has 3 aromatic rings. The Morgan fingerprint density at radius 2 is 1.57 bits per heavy atom. The second-order valence-corrected chi connectivity index (χ2v) is 10.2. The van der Waals surface area contributed by atoms with Gasteiger partial charge in [-0.3, -0.25) is 14.5 Å². The van der Waals surface area contributed by atoms with Crippen LogP contribution in [0.25, 0.3) is 0 Å². The Bertz CT molecular complexity index is 1480. The summed E-state index contributed by atoms with van der Waals surface area (Å²) >= 11 is 5.82. The zero-order chi connectivity index (χ0) is 31.6. The van der Waals surface area contributed by atoms with Gasteiger partial charge in [-0.15, -0.1) is 0 Å². The maximum atomic E-state index is 13.9. The summed E-state index contributed by atoms with van der Waals surface area (Å²) < 4.78 is 21.7. The summed E-state index contributed by atoms with van der Waals surface area (Å²) in [6.45, 7) is 7.19. The molecule has 1 fully saturated rings. The lowest BCUT2D eigenvalue weighted by Gasteiger charge is -2.24. The lowest BCUT2D eigenvalue weighted by atomic mass is 10.1. The van der Waals surface area contributed by atoms with Crippen molar-refractivity contribution >= 4 is 46.5 Å². The van der Waals surface area contributed by atoms with Crippen LogP contribution in [-0.2, 0) is 20.7 Å². The van der Waals surface area contributed by atoms with E-state index >= 15 is 0 Å². The highest BCUT2D eigenvalue weighted by molar-refractivity contribution is 7.80. The molecule has 0 saturated carbocycles. The zero-order valence-electron chi connectivity index (χ0n) is 25.3. The molecule has 0 aromatic heterocycles. The standard InChI is InChI=1S/C33H37N3O7S/c1-5-41-28-17-8-22(20-29(28)42-6-2)18-19-35-27(21-30(37)34-24-11-15-26(40-4)16-12-24)31(38)36(33(35)44)25-13-9-23(10-14-25)32(39)43-7-3/h8-17,20,27H,5-7,18-19,21H2,1-4H3,(H,34,37)/t27-/m0/s1. The quantitative estimate of drug-likeness (QED) is 0.191. The maximum absolute atomic E-state index is 13.9. The number of rotatable bonds is 14. The fourth-order valence-corrected chi connectivity index (χ4v) is 5.26. The van der Waals surface area contributed by atoms with Crippen LogP contribution in [0.1, 0.15) is 43.1 Å². The van der Waals surface area contributed by atoms with Crippen LogP contribution in [0.5, 0.6) is 17.2 Å². The van der Waals surface area contributed by atoms with Gasteiger partial charge in [0.25, 0.3) is 5.91 Å². The monoisotopic (exact) mass is 619 g/mol.